The number of aromatic nitrogens is 1. The van der Waals surface area contributed by atoms with Crippen LogP contribution < -0.4 is 20.9 Å². The normalized spacial score (nSPS) is 21.3. The van der Waals surface area contributed by atoms with E-state index in [4.69, 9.17) is 16.3 Å². The summed E-state index contributed by atoms with van der Waals surface area (Å²) in [5.41, 5.74) is 1.75. The van der Waals surface area contributed by atoms with Crippen molar-refractivity contribution in [3.63, 3.8) is 0 Å². The van der Waals surface area contributed by atoms with Crippen molar-refractivity contribution in [1.29, 1.82) is 0 Å². The topological polar surface area (TPSA) is 78.5 Å². The van der Waals surface area contributed by atoms with Crippen molar-refractivity contribution >= 4 is 40.5 Å². The Balaban J connectivity index is 1.40. The highest BCUT2D eigenvalue weighted by molar-refractivity contribution is 7.13. The van der Waals surface area contributed by atoms with E-state index in [1.54, 1.807) is 0 Å². The Morgan fingerprint density at radius 1 is 1.43 bits per heavy atom. The highest BCUT2D eigenvalue weighted by Gasteiger charge is 2.28. The molecule has 30 heavy (non-hydrogen) atoms. The zero-order valence-corrected chi connectivity index (χ0v) is 18.9. The molecule has 3 heterocycles. The third-order valence-corrected chi connectivity index (χ3v) is 6.53. The van der Waals surface area contributed by atoms with Crippen molar-refractivity contribution < 1.29 is 9.53 Å². The van der Waals surface area contributed by atoms with E-state index in [2.05, 4.69) is 39.7 Å². The molecule has 0 bridgehead atoms. The van der Waals surface area contributed by atoms with Crippen LogP contribution >= 0.6 is 22.9 Å². The summed E-state index contributed by atoms with van der Waals surface area (Å²) >= 11 is 8.10. The van der Waals surface area contributed by atoms with E-state index in [0.717, 1.165) is 55.3 Å². The number of carbonyl (C=O) groups excluding carboxylic acids is 1. The average molecular weight is 450 g/mol. The molecule has 1 atom stereocenters. The zero-order valence-electron chi connectivity index (χ0n) is 17.3. The maximum Gasteiger partial charge on any atom is 0.320 e. The fraction of sp³-hybridized carbons (Fsp3) is 0.524. The summed E-state index contributed by atoms with van der Waals surface area (Å²) in [5, 5.41) is 12.5. The van der Waals surface area contributed by atoms with Gasteiger partial charge in [0.25, 0.3) is 0 Å². The summed E-state index contributed by atoms with van der Waals surface area (Å²) < 4.78 is 5.80. The molecule has 1 aromatic carbocycles. The van der Waals surface area contributed by atoms with Crippen molar-refractivity contribution in [3.05, 3.63) is 28.6 Å². The van der Waals surface area contributed by atoms with Crippen LogP contribution in [0.15, 0.2) is 23.6 Å². The van der Waals surface area contributed by atoms with E-state index in [9.17, 15) is 4.79 Å². The first-order valence-electron chi connectivity index (χ1n) is 10.3. The number of nitrogens with one attached hydrogen (secondary N) is 3. The maximum absolute atomic E-state index is 12.2. The minimum Gasteiger partial charge on any atom is -0.372 e. The van der Waals surface area contributed by atoms with Crippen LogP contribution in [0.3, 0.4) is 0 Å². The summed E-state index contributed by atoms with van der Waals surface area (Å²) in [4.78, 5) is 19.0. The number of halogens is 1. The molecule has 7 nitrogen and oxygen atoms in total. The number of piperidine rings is 1. The van der Waals surface area contributed by atoms with E-state index < -0.39 is 0 Å². The van der Waals surface area contributed by atoms with Crippen LogP contribution in [0.4, 0.5) is 16.3 Å². The van der Waals surface area contributed by atoms with E-state index in [1.165, 1.54) is 11.3 Å². The molecule has 0 saturated carbocycles. The highest BCUT2D eigenvalue weighted by atomic mass is 35.5. The first-order chi connectivity index (χ1) is 14.4. The lowest BCUT2D eigenvalue weighted by molar-refractivity contribution is -0.0276. The van der Waals surface area contributed by atoms with Crippen LogP contribution in [0.25, 0.3) is 10.6 Å². The predicted octanol–water partition coefficient (Wildman–Crippen LogP) is 3.95. The van der Waals surface area contributed by atoms with Crippen LogP contribution in [-0.2, 0) is 4.74 Å². The summed E-state index contributed by atoms with van der Waals surface area (Å²) in [7, 11) is 0. The second kappa shape index (κ2) is 9.09. The molecule has 0 spiro atoms. The van der Waals surface area contributed by atoms with Crippen molar-refractivity contribution in [2.75, 3.05) is 43.0 Å². The molecular formula is C21H28ClN5O2S. The van der Waals surface area contributed by atoms with Crippen LogP contribution in [0.5, 0.6) is 0 Å². The number of morpholine rings is 1. The van der Waals surface area contributed by atoms with Gasteiger partial charge >= 0.3 is 6.03 Å². The lowest BCUT2D eigenvalue weighted by atomic mass is 10.1. The predicted molar refractivity (Wildman–Crippen MR) is 123 cm³/mol. The smallest absolute Gasteiger partial charge is 0.320 e. The third kappa shape index (κ3) is 5.24. The molecule has 2 amide bonds. The van der Waals surface area contributed by atoms with Crippen LogP contribution in [0, 0.1) is 0 Å². The molecule has 3 N–H and O–H groups in total. The first kappa shape index (κ1) is 21.4. The lowest BCUT2D eigenvalue weighted by Crippen LogP contribution is -2.48. The molecular weight excluding hydrogens is 422 g/mol. The van der Waals surface area contributed by atoms with Crippen molar-refractivity contribution in [2.45, 2.75) is 38.3 Å². The largest absolute Gasteiger partial charge is 0.372 e. The van der Waals surface area contributed by atoms with E-state index in [1.807, 2.05) is 23.6 Å². The van der Waals surface area contributed by atoms with Gasteiger partial charge in [-0.3, -0.25) is 5.32 Å². The number of nitrogens with zero attached hydrogens (tertiary/aromatic N) is 2. The molecule has 162 valence electrons. The summed E-state index contributed by atoms with van der Waals surface area (Å²) in [6.07, 6.45) is 2.07. The standard InChI is InChI=1S/C21H28ClN5O2S/c1-21(2)13-27(8-9-29-21)17-6-5-14(10-16(17)22)19-25-18(12-30-19)26-20(28)24-15-4-3-7-23-11-15/h5-6,10,12,15,23H,3-4,7-9,11,13H2,1-2H3,(H2,24,26,28)/t15-/m0/s1. The van der Waals surface area contributed by atoms with E-state index >= 15 is 0 Å². The van der Waals surface area contributed by atoms with Gasteiger partial charge in [0.05, 0.1) is 22.9 Å². The van der Waals surface area contributed by atoms with Crippen molar-refractivity contribution in [2.24, 2.45) is 0 Å². The molecule has 4 rings (SSSR count). The quantitative estimate of drug-likeness (QED) is 0.658. The van der Waals surface area contributed by atoms with Gasteiger partial charge in [-0.05, 0) is 51.4 Å². The maximum atomic E-state index is 12.2. The number of thiazole rings is 1. The van der Waals surface area contributed by atoms with Gasteiger partial charge in [-0.15, -0.1) is 11.3 Å². The Labute approximate surface area is 186 Å². The highest BCUT2D eigenvalue weighted by Crippen LogP contribution is 2.35. The van der Waals surface area contributed by atoms with Crippen LogP contribution in [0.2, 0.25) is 5.02 Å². The molecule has 2 aliphatic rings. The average Bonchev–Trinajstić information content (AvgIpc) is 3.16. The molecule has 9 heteroatoms. The lowest BCUT2D eigenvalue weighted by Gasteiger charge is -2.39. The van der Waals surface area contributed by atoms with Gasteiger partial charge in [-0.2, -0.15) is 0 Å². The molecule has 1 aromatic heterocycles. The fourth-order valence-corrected chi connectivity index (χ4v) is 4.94. The number of hydrogen-bond acceptors (Lipinski definition) is 6. The fourth-order valence-electron chi connectivity index (χ4n) is 3.90. The number of rotatable bonds is 4. The van der Waals surface area contributed by atoms with E-state index in [0.29, 0.717) is 17.4 Å². The number of anilines is 2. The van der Waals surface area contributed by atoms with E-state index in [-0.39, 0.29) is 17.7 Å². The molecule has 2 aromatic rings. The number of benzene rings is 1. The van der Waals surface area contributed by atoms with Gasteiger partial charge in [-0.25, -0.2) is 9.78 Å². The Morgan fingerprint density at radius 2 is 2.30 bits per heavy atom. The van der Waals surface area contributed by atoms with Gasteiger partial charge in [0, 0.05) is 36.6 Å². The summed E-state index contributed by atoms with van der Waals surface area (Å²) in [6, 6.07) is 5.95. The number of hydrogen-bond donors (Lipinski definition) is 3. The Morgan fingerprint density at radius 3 is 3.03 bits per heavy atom. The van der Waals surface area contributed by atoms with Gasteiger partial charge in [0.2, 0.25) is 0 Å². The number of ether oxygens (including phenoxy) is 1. The van der Waals surface area contributed by atoms with Crippen LogP contribution in [0.1, 0.15) is 26.7 Å². The molecule has 2 saturated heterocycles. The van der Waals surface area contributed by atoms with Crippen LogP contribution in [-0.4, -0.2) is 55.4 Å². The SMILES string of the molecule is CC1(C)CN(c2ccc(-c3nc(NC(=O)N[C@H]4CCCNC4)cs3)cc2Cl)CCO1. The Kier molecular flexibility index (Phi) is 6.48. The number of carbonyl (C=O) groups is 1. The zero-order chi connectivity index (χ0) is 21.1. The van der Waals surface area contributed by atoms with Gasteiger partial charge in [0.15, 0.2) is 0 Å². The minimum atomic E-state index is -0.219. The summed E-state index contributed by atoms with van der Waals surface area (Å²) in [5.74, 6) is 0.548. The first-order valence-corrected chi connectivity index (χ1v) is 11.6. The van der Waals surface area contributed by atoms with Gasteiger partial charge in [-0.1, -0.05) is 11.6 Å². The molecule has 0 unspecified atom stereocenters. The Bertz CT molecular complexity index is 897. The minimum absolute atomic E-state index is 0.161. The van der Waals surface area contributed by atoms with Gasteiger partial charge < -0.3 is 20.3 Å². The van der Waals surface area contributed by atoms with Gasteiger partial charge in [0.1, 0.15) is 10.8 Å². The summed E-state index contributed by atoms with van der Waals surface area (Å²) in [6.45, 7) is 8.30. The Hall–Kier alpha value is -1.87. The molecule has 0 aliphatic carbocycles. The monoisotopic (exact) mass is 449 g/mol. The van der Waals surface area contributed by atoms with Crippen molar-refractivity contribution in [1.82, 2.24) is 15.6 Å². The second-order valence-corrected chi connectivity index (χ2v) is 9.64. The molecule has 2 aliphatic heterocycles. The molecule has 2 fully saturated rings. The number of amides is 2. The third-order valence-electron chi connectivity index (χ3n) is 5.34. The number of urea groups is 1. The molecule has 0 radical (unpaired) electrons. The van der Waals surface area contributed by atoms with Crippen molar-refractivity contribution in [3.8, 4) is 10.6 Å². The second-order valence-electron chi connectivity index (χ2n) is 8.38.